The van der Waals surface area contributed by atoms with E-state index in [1.165, 1.54) is 0 Å². The van der Waals surface area contributed by atoms with Gasteiger partial charge in [-0.3, -0.25) is 4.98 Å². The summed E-state index contributed by atoms with van der Waals surface area (Å²) in [6.07, 6.45) is 5.17. The van der Waals surface area contributed by atoms with E-state index >= 15 is 0 Å². The third-order valence-corrected chi connectivity index (χ3v) is 3.89. The molecule has 1 aromatic heterocycles. The number of nitrogens with zero attached hydrogens (tertiary/aromatic N) is 1. The Labute approximate surface area is 111 Å². The number of hydrogen-bond acceptors (Lipinski definition) is 3. The minimum absolute atomic E-state index is 0.507. The molecule has 0 aliphatic carbocycles. The quantitative estimate of drug-likeness (QED) is 0.927. The van der Waals surface area contributed by atoms with Crippen LogP contribution in [0.2, 0.25) is 0 Å². The van der Waals surface area contributed by atoms with Gasteiger partial charge in [0.1, 0.15) is 0 Å². The maximum Gasteiger partial charge on any atom is 0.0469 e. The number of rotatable bonds is 4. The molecule has 0 radical (unpaired) electrons. The fraction of sp³-hybridized carbons (Fsp3) is 0.615. The number of pyridine rings is 1. The molecule has 1 fully saturated rings. The Hall–Kier alpha value is -0.450. The molecular formula is C13H19BrN2O. The Morgan fingerprint density at radius 3 is 2.82 bits per heavy atom. The molecular weight excluding hydrogens is 280 g/mol. The van der Waals surface area contributed by atoms with Crippen LogP contribution in [0.25, 0.3) is 0 Å². The highest BCUT2D eigenvalue weighted by Gasteiger charge is 2.23. The molecule has 1 N–H and O–H groups in total. The van der Waals surface area contributed by atoms with Gasteiger partial charge in [0.05, 0.1) is 0 Å². The molecule has 1 aromatic rings. The third-order valence-electron chi connectivity index (χ3n) is 3.42. The van der Waals surface area contributed by atoms with Gasteiger partial charge in [-0.05, 0) is 53.9 Å². The lowest BCUT2D eigenvalue weighted by Gasteiger charge is -2.30. The Balaban J connectivity index is 1.96. The zero-order valence-electron chi connectivity index (χ0n) is 10.2. The lowest BCUT2D eigenvalue weighted by molar-refractivity contribution is 0.0546. The number of ether oxygens (including phenoxy) is 1. The molecule has 1 saturated heterocycles. The number of nitrogens with one attached hydrogen (secondary N) is 1. The molecule has 0 spiro atoms. The Bertz CT molecular complexity index is 336. The lowest BCUT2D eigenvalue weighted by atomic mass is 9.89. The summed E-state index contributed by atoms with van der Waals surface area (Å²) in [4.78, 5) is 4.44. The average Bonchev–Trinajstić information content (AvgIpc) is 2.39. The first-order valence-corrected chi connectivity index (χ1v) is 6.94. The SMILES string of the molecule is CNC(Cc1ccc(Br)cn1)C1CCOCC1. The summed E-state index contributed by atoms with van der Waals surface area (Å²) < 4.78 is 6.45. The summed E-state index contributed by atoms with van der Waals surface area (Å²) in [5.74, 6) is 0.708. The zero-order valence-corrected chi connectivity index (χ0v) is 11.7. The van der Waals surface area contributed by atoms with Crippen LogP contribution in [-0.4, -0.2) is 31.3 Å². The molecule has 4 heteroatoms. The first-order valence-electron chi connectivity index (χ1n) is 6.15. The second-order valence-electron chi connectivity index (χ2n) is 4.52. The summed E-state index contributed by atoms with van der Waals surface area (Å²) in [5, 5.41) is 3.43. The molecule has 0 amide bonds. The van der Waals surface area contributed by atoms with E-state index < -0.39 is 0 Å². The van der Waals surface area contributed by atoms with Crippen LogP contribution < -0.4 is 5.32 Å². The molecule has 0 aromatic carbocycles. The fourth-order valence-electron chi connectivity index (χ4n) is 2.38. The van der Waals surface area contributed by atoms with Gasteiger partial charge in [-0.1, -0.05) is 0 Å². The molecule has 2 rings (SSSR count). The fourth-order valence-corrected chi connectivity index (χ4v) is 2.61. The van der Waals surface area contributed by atoms with Crippen LogP contribution in [0.15, 0.2) is 22.8 Å². The summed E-state index contributed by atoms with van der Waals surface area (Å²) >= 11 is 3.41. The third kappa shape index (κ3) is 3.76. The van der Waals surface area contributed by atoms with Crippen molar-refractivity contribution in [3.05, 3.63) is 28.5 Å². The van der Waals surface area contributed by atoms with E-state index in [1.54, 1.807) is 0 Å². The number of halogens is 1. The van der Waals surface area contributed by atoms with Gasteiger partial charge in [-0.25, -0.2) is 0 Å². The van der Waals surface area contributed by atoms with Crippen molar-refractivity contribution in [1.82, 2.24) is 10.3 Å². The van der Waals surface area contributed by atoms with E-state index in [2.05, 4.69) is 38.4 Å². The highest BCUT2D eigenvalue weighted by molar-refractivity contribution is 9.10. The maximum atomic E-state index is 5.41. The lowest BCUT2D eigenvalue weighted by Crippen LogP contribution is -2.38. The molecule has 94 valence electrons. The van der Waals surface area contributed by atoms with Crippen LogP contribution >= 0.6 is 15.9 Å². The van der Waals surface area contributed by atoms with Crippen molar-refractivity contribution in [2.75, 3.05) is 20.3 Å². The van der Waals surface area contributed by atoms with Gasteiger partial charge in [-0.2, -0.15) is 0 Å². The van der Waals surface area contributed by atoms with Crippen LogP contribution in [0.1, 0.15) is 18.5 Å². The van der Waals surface area contributed by atoms with Gasteiger partial charge in [0.2, 0.25) is 0 Å². The van der Waals surface area contributed by atoms with Gasteiger partial charge in [-0.15, -0.1) is 0 Å². The summed E-state index contributed by atoms with van der Waals surface area (Å²) in [6, 6.07) is 4.65. The van der Waals surface area contributed by atoms with Gasteiger partial charge in [0.15, 0.2) is 0 Å². The van der Waals surface area contributed by atoms with Gasteiger partial charge in [0.25, 0.3) is 0 Å². The van der Waals surface area contributed by atoms with Crippen molar-refractivity contribution in [2.45, 2.75) is 25.3 Å². The first kappa shape index (κ1) is 13.0. The number of likely N-dealkylation sites (N-methyl/N-ethyl adjacent to an activating group) is 1. The molecule has 1 aliphatic rings. The van der Waals surface area contributed by atoms with Gasteiger partial charge >= 0.3 is 0 Å². The second kappa shape index (κ2) is 6.47. The van der Waals surface area contributed by atoms with Crippen LogP contribution in [0, 0.1) is 5.92 Å². The predicted octanol–water partition coefficient (Wildman–Crippen LogP) is 2.40. The van der Waals surface area contributed by atoms with Crippen molar-refractivity contribution < 1.29 is 4.74 Å². The molecule has 0 saturated carbocycles. The zero-order chi connectivity index (χ0) is 12.1. The van der Waals surface area contributed by atoms with E-state index in [-0.39, 0.29) is 0 Å². The van der Waals surface area contributed by atoms with E-state index in [1.807, 2.05) is 13.2 Å². The molecule has 1 atom stereocenters. The second-order valence-corrected chi connectivity index (χ2v) is 5.43. The minimum Gasteiger partial charge on any atom is -0.381 e. The standard InChI is InChI=1S/C13H19BrN2O/c1-15-13(10-4-6-17-7-5-10)8-12-3-2-11(14)9-16-12/h2-3,9-10,13,15H,4-8H2,1H3. The van der Waals surface area contributed by atoms with Crippen molar-refractivity contribution in [3.63, 3.8) is 0 Å². The smallest absolute Gasteiger partial charge is 0.0469 e. The monoisotopic (exact) mass is 298 g/mol. The predicted molar refractivity (Wildman–Crippen MR) is 72.0 cm³/mol. The molecule has 0 bridgehead atoms. The van der Waals surface area contributed by atoms with E-state index in [4.69, 9.17) is 4.74 Å². The number of hydrogen-bond donors (Lipinski definition) is 1. The van der Waals surface area contributed by atoms with E-state index in [9.17, 15) is 0 Å². The van der Waals surface area contributed by atoms with Crippen molar-refractivity contribution in [1.29, 1.82) is 0 Å². The van der Waals surface area contributed by atoms with Gasteiger partial charge in [0, 0.05) is 42.0 Å². The van der Waals surface area contributed by atoms with E-state index in [0.29, 0.717) is 12.0 Å². The Morgan fingerprint density at radius 1 is 1.47 bits per heavy atom. The van der Waals surface area contributed by atoms with Crippen LogP contribution in [0.4, 0.5) is 0 Å². The van der Waals surface area contributed by atoms with Crippen LogP contribution in [0.3, 0.4) is 0 Å². The maximum absolute atomic E-state index is 5.41. The summed E-state index contributed by atoms with van der Waals surface area (Å²) in [7, 11) is 2.04. The number of aromatic nitrogens is 1. The topological polar surface area (TPSA) is 34.2 Å². The highest BCUT2D eigenvalue weighted by Crippen LogP contribution is 2.21. The Morgan fingerprint density at radius 2 is 2.24 bits per heavy atom. The molecule has 3 nitrogen and oxygen atoms in total. The van der Waals surface area contributed by atoms with Crippen molar-refractivity contribution in [3.8, 4) is 0 Å². The van der Waals surface area contributed by atoms with Gasteiger partial charge < -0.3 is 10.1 Å². The molecule has 1 unspecified atom stereocenters. The molecule has 1 aliphatic heterocycles. The first-order chi connectivity index (χ1) is 8.29. The minimum atomic E-state index is 0.507. The largest absolute Gasteiger partial charge is 0.381 e. The van der Waals surface area contributed by atoms with Crippen LogP contribution in [-0.2, 0) is 11.2 Å². The van der Waals surface area contributed by atoms with Crippen molar-refractivity contribution >= 4 is 15.9 Å². The van der Waals surface area contributed by atoms with E-state index in [0.717, 1.165) is 42.6 Å². The molecule has 2 heterocycles. The average molecular weight is 299 g/mol. The van der Waals surface area contributed by atoms with Crippen LogP contribution in [0.5, 0.6) is 0 Å². The normalized spacial score (nSPS) is 19.2. The Kier molecular flexibility index (Phi) is 4.95. The molecule has 17 heavy (non-hydrogen) atoms. The van der Waals surface area contributed by atoms with Crippen molar-refractivity contribution in [2.24, 2.45) is 5.92 Å². The highest BCUT2D eigenvalue weighted by atomic mass is 79.9. The summed E-state index contributed by atoms with van der Waals surface area (Å²) in [6.45, 7) is 1.80. The summed E-state index contributed by atoms with van der Waals surface area (Å²) in [5.41, 5.74) is 1.15.